The third-order valence-corrected chi connectivity index (χ3v) is 4.47. The lowest BCUT2D eigenvalue weighted by molar-refractivity contribution is -0.263. The zero-order chi connectivity index (χ0) is 21.2. The van der Waals surface area contributed by atoms with E-state index < -0.39 is 23.9 Å². The molecule has 3 rings (SSSR count). The minimum atomic E-state index is -5.02. The number of nitrogens with one attached hydrogen (secondary N) is 2. The largest absolute Gasteiger partial charge is 0.423 e. The molecule has 0 aliphatic carbocycles. The maximum absolute atomic E-state index is 13.6. The molecule has 8 nitrogen and oxygen atoms in total. The number of H-pyrrole nitrogens is 1. The summed E-state index contributed by atoms with van der Waals surface area (Å²) in [6.07, 6.45) is -0.554. The molecule has 0 fully saturated rings. The van der Waals surface area contributed by atoms with E-state index in [0.717, 1.165) is 6.07 Å². The van der Waals surface area contributed by atoms with Gasteiger partial charge in [-0.15, -0.1) is 0 Å². The van der Waals surface area contributed by atoms with Gasteiger partial charge in [0.1, 0.15) is 11.5 Å². The minimum Gasteiger partial charge on any atom is -0.382 e. The Morgan fingerprint density at radius 3 is 2.69 bits per heavy atom. The summed E-state index contributed by atoms with van der Waals surface area (Å²) in [5.41, 5.74) is 4.23. The van der Waals surface area contributed by atoms with E-state index in [-0.39, 0.29) is 17.9 Å². The first-order valence-electron chi connectivity index (χ1n) is 8.36. The van der Waals surface area contributed by atoms with Crippen LogP contribution in [0.25, 0.3) is 22.5 Å². The number of aromatic nitrogens is 4. The number of anilines is 1. The predicted molar refractivity (Wildman–Crippen MR) is 98.2 cm³/mol. The van der Waals surface area contributed by atoms with Crippen LogP contribution in [0.1, 0.15) is 11.1 Å². The highest BCUT2D eigenvalue weighted by atomic mass is 19.4. The molecule has 29 heavy (non-hydrogen) atoms. The van der Waals surface area contributed by atoms with Crippen LogP contribution in [-0.4, -0.2) is 44.4 Å². The van der Waals surface area contributed by atoms with Gasteiger partial charge in [-0.25, -0.2) is 9.97 Å². The van der Waals surface area contributed by atoms with Crippen molar-refractivity contribution in [3.8, 4) is 22.5 Å². The van der Waals surface area contributed by atoms with Crippen molar-refractivity contribution >= 4 is 12.2 Å². The highest BCUT2D eigenvalue weighted by Crippen LogP contribution is 2.40. The number of aliphatic hydroxyl groups is 1. The number of nitrogens with zero attached hydrogens (tertiary/aromatic N) is 3. The quantitative estimate of drug-likeness (QED) is 0.463. The van der Waals surface area contributed by atoms with Gasteiger partial charge in [-0.2, -0.15) is 18.3 Å². The topological polar surface area (TPSA) is 130 Å². The van der Waals surface area contributed by atoms with E-state index in [0.29, 0.717) is 22.4 Å². The first kappa shape index (κ1) is 20.3. The van der Waals surface area contributed by atoms with Gasteiger partial charge >= 0.3 is 6.18 Å². The van der Waals surface area contributed by atoms with Gasteiger partial charge in [0.05, 0.1) is 24.6 Å². The molecule has 0 saturated carbocycles. The fourth-order valence-corrected chi connectivity index (χ4v) is 2.83. The van der Waals surface area contributed by atoms with Gasteiger partial charge in [-0.1, -0.05) is 12.1 Å². The Bertz CT molecular complexity index is 1020. The number of amides is 1. The summed E-state index contributed by atoms with van der Waals surface area (Å²) in [5, 5.41) is 18.7. The highest BCUT2D eigenvalue weighted by Gasteiger charge is 2.55. The van der Waals surface area contributed by atoms with Crippen molar-refractivity contribution < 1.29 is 23.1 Å². The SMILES string of the molecule is Cc1ccc(C(O)(CNC=O)C(F)(F)F)cc1-c1cnc(N)c(-c2cn[nH]c2)n1. The molecule has 2 heterocycles. The molecule has 0 aliphatic heterocycles. The van der Waals surface area contributed by atoms with Crippen molar-refractivity contribution in [2.45, 2.75) is 18.7 Å². The lowest BCUT2D eigenvalue weighted by Gasteiger charge is -2.31. The molecule has 0 spiro atoms. The number of carbonyl (C=O) groups excluding carboxylic acids is 1. The van der Waals surface area contributed by atoms with Gasteiger partial charge in [0.25, 0.3) is 0 Å². The molecule has 0 saturated heterocycles. The van der Waals surface area contributed by atoms with Crippen molar-refractivity contribution in [2.24, 2.45) is 0 Å². The molecule has 1 unspecified atom stereocenters. The summed E-state index contributed by atoms with van der Waals surface area (Å²) in [4.78, 5) is 19.0. The fraction of sp³-hybridized carbons (Fsp3) is 0.222. The van der Waals surface area contributed by atoms with Gasteiger partial charge in [0.15, 0.2) is 0 Å². The number of rotatable bonds is 6. The normalized spacial score (nSPS) is 13.7. The molecule has 1 aromatic carbocycles. The Morgan fingerprint density at radius 1 is 1.31 bits per heavy atom. The van der Waals surface area contributed by atoms with Crippen LogP contribution >= 0.6 is 0 Å². The van der Waals surface area contributed by atoms with Crippen molar-refractivity contribution in [3.05, 3.63) is 47.9 Å². The Hall–Kier alpha value is -3.47. The van der Waals surface area contributed by atoms with Gasteiger partial charge in [0, 0.05) is 17.3 Å². The number of carbonyl (C=O) groups is 1. The number of aromatic amines is 1. The van der Waals surface area contributed by atoms with E-state index in [9.17, 15) is 23.1 Å². The predicted octanol–water partition coefficient (Wildman–Crippen LogP) is 1.92. The number of hydrogen-bond donors (Lipinski definition) is 4. The first-order chi connectivity index (χ1) is 13.7. The number of hydrogen-bond acceptors (Lipinski definition) is 6. The van der Waals surface area contributed by atoms with Gasteiger partial charge < -0.3 is 16.2 Å². The van der Waals surface area contributed by atoms with Crippen molar-refractivity contribution in [3.63, 3.8) is 0 Å². The van der Waals surface area contributed by atoms with Gasteiger partial charge in [-0.3, -0.25) is 9.89 Å². The second-order valence-corrected chi connectivity index (χ2v) is 6.36. The lowest BCUT2D eigenvalue weighted by atomic mass is 9.89. The van der Waals surface area contributed by atoms with E-state index in [2.05, 4.69) is 20.2 Å². The average molecular weight is 406 g/mol. The molecule has 1 amide bonds. The maximum Gasteiger partial charge on any atom is 0.423 e. The standard InChI is InChI=1S/C18H17F3N6O2/c1-10-2-3-12(17(29,8-23-9-28)18(19,20)21)4-13(10)14-7-24-16(22)15(27-14)11-5-25-26-6-11/h2-7,9,29H,8H2,1H3,(H2,22,24)(H,23,28)(H,25,26). The molecular formula is C18H17F3N6O2. The molecule has 2 aromatic heterocycles. The zero-order valence-corrected chi connectivity index (χ0v) is 15.2. The zero-order valence-electron chi connectivity index (χ0n) is 15.2. The summed E-state index contributed by atoms with van der Waals surface area (Å²) in [7, 11) is 0. The Balaban J connectivity index is 2.13. The lowest BCUT2D eigenvalue weighted by Crippen LogP contribution is -2.49. The van der Waals surface area contributed by atoms with Crippen LogP contribution in [0.5, 0.6) is 0 Å². The molecule has 11 heteroatoms. The monoisotopic (exact) mass is 406 g/mol. The highest BCUT2D eigenvalue weighted by molar-refractivity contribution is 5.73. The number of halogens is 3. The summed E-state index contributed by atoms with van der Waals surface area (Å²) in [5.74, 6) is 0.130. The fourth-order valence-electron chi connectivity index (χ4n) is 2.83. The molecule has 1 atom stereocenters. The van der Waals surface area contributed by atoms with E-state index in [1.807, 2.05) is 5.32 Å². The van der Waals surface area contributed by atoms with Gasteiger partial charge in [-0.05, 0) is 24.1 Å². The van der Waals surface area contributed by atoms with E-state index in [1.54, 1.807) is 13.1 Å². The average Bonchev–Trinajstić information content (AvgIpc) is 3.20. The van der Waals surface area contributed by atoms with E-state index in [1.165, 1.54) is 24.5 Å². The van der Waals surface area contributed by atoms with Crippen molar-refractivity contribution in [1.29, 1.82) is 0 Å². The summed E-state index contributed by atoms with van der Waals surface area (Å²) in [6.45, 7) is 0.654. The van der Waals surface area contributed by atoms with Crippen LogP contribution in [0.2, 0.25) is 0 Å². The number of nitrogen functional groups attached to an aromatic ring is 1. The molecular weight excluding hydrogens is 389 g/mol. The van der Waals surface area contributed by atoms with Crippen LogP contribution in [0.15, 0.2) is 36.8 Å². The second kappa shape index (κ2) is 7.51. The number of alkyl halides is 3. The van der Waals surface area contributed by atoms with Crippen molar-refractivity contribution in [2.75, 3.05) is 12.3 Å². The number of nitrogens with two attached hydrogens (primary N) is 1. The molecule has 5 N–H and O–H groups in total. The first-order valence-corrected chi connectivity index (χ1v) is 8.36. The minimum absolute atomic E-state index is 0.0917. The van der Waals surface area contributed by atoms with E-state index >= 15 is 0 Å². The van der Waals surface area contributed by atoms with E-state index in [4.69, 9.17) is 5.73 Å². The molecule has 3 aromatic rings. The molecule has 0 aliphatic rings. The second-order valence-electron chi connectivity index (χ2n) is 6.36. The summed E-state index contributed by atoms with van der Waals surface area (Å²) < 4.78 is 40.8. The number of aryl methyl sites for hydroxylation is 1. The third-order valence-electron chi connectivity index (χ3n) is 4.47. The smallest absolute Gasteiger partial charge is 0.382 e. The van der Waals surface area contributed by atoms with Crippen LogP contribution < -0.4 is 11.1 Å². The van der Waals surface area contributed by atoms with Crippen LogP contribution in [0.3, 0.4) is 0 Å². The summed E-state index contributed by atoms with van der Waals surface area (Å²) in [6, 6.07) is 3.76. The summed E-state index contributed by atoms with van der Waals surface area (Å²) >= 11 is 0. The molecule has 0 bridgehead atoms. The van der Waals surface area contributed by atoms with Crippen LogP contribution in [0, 0.1) is 6.92 Å². The molecule has 0 radical (unpaired) electrons. The number of benzene rings is 1. The Labute approximate surface area is 163 Å². The Morgan fingerprint density at radius 2 is 2.07 bits per heavy atom. The molecule has 152 valence electrons. The van der Waals surface area contributed by atoms with Crippen LogP contribution in [-0.2, 0) is 10.4 Å². The van der Waals surface area contributed by atoms with Crippen LogP contribution in [0.4, 0.5) is 19.0 Å². The van der Waals surface area contributed by atoms with Gasteiger partial charge in [0.2, 0.25) is 12.0 Å². The third kappa shape index (κ3) is 3.76. The van der Waals surface area contributed by atoms with Crippen molar-refractivity contribution in [1.82, 2.24) is 25.5 Å². The maximum atomic E-state index is 13.6. The Kier molecular flexibility index (Phi) is 5.25.